The number of carbonyl (C=O) groups excluding carboxylic acids is 2. The molecule has 3 unspecified atom stereocenters. The summed E-state index contributed by atoms with van der Waals surface area (Å²) in [7, 11) is 1.47. The Hall–Kier alpha value is -3.33. The Morgan fingerprint density at radius 1 is 0.444 bits per heavy atom. The number of esters is 1. The fourth-order valence-corrected chi connectivity index (χ4v) is 9.83. The molecule has 0 saturated carbocycles. The molecule has 0 bridgehead atoms. The van der Waals surface area contributed by atoms with Gasteiger partial charge in [-0.3, -0.25) is 18.6 Å². The lowest BCUT2D eigenvalue weighted by Gasteiger charge is -2.27. The van der Waals surface area contributed by atoms with Crippen molar-refractivity contribution in [3.8, 4) is 0 Å². The summed E-state index contributed by atoms with van der Waals surface area (Å²) in [5, 5.41) is 3.05. The summed E-state index contributed by atoms with van der Waals surface area (Å²) in [5.41, 5.74) is 0. The van der Waals surface area contributed by atoms with E-state index in [4.69, 9.17) is 13.8 Å². The number of unbranched alkanes of at least 4 members (excludes halogenated alkanes) is 27. The molecule has 3 atom stereocenters. The Balaban J connectivity index is 5.19. The zero-order valence-electron chi connectivity index (χ0n) is 53.2. The number of rotatable bonds is 59. The molecule has 1 amide bonds. The number of amides is 1. The van der Waals surface area contributed by atoms with Gasteiger partial charge in [0.1, 0.15) is 19.3 Å². The second kappa shape index (κ2) is 59.8. The molecule has 81 heavy (non-hydrogen) atoms. The first-order valence-electron chi connectivity index (χ1n) is 33.2. The van der Waals surface area contributed by atoms with Crippen molar-refractivity contribution in [3.63, 3.8) is 0 Å². The van der Waals surface area contributed by atoms with E-state index in [1.165, 1.54) is 128 Å². The van der Waals surface area contributed by atoms with Crippen LogP contribution in [0.3, 0.4) is 0 Å². The molecule has 0 heterocycles. The Bertz CT molecular complexity index is 1750. The van der Waals surface area contributed by atoms with E-state index in [1.807, 2.05) is 33.3 Å². The number of quaternary nitrogens is 1. The molecule has 0 aromatic rings. The molecule has 0 saturated heterocycles. The Kier molecular flexibility index (Phi) is 57.4. The number of hydrogen-bond donors (Lipinski definition) is 2. The average Bonchev–Trinajstić information content (AvgIpc) is 3.44. The van der Waals surface area contributed by atoms with Crippen molar-refractivity contribution in [2.45, 2.75) is 290 Å². The lowest BCUT2D eigenvalue weighted by molar-refractivity contribution is -0.870. The molecule has 0 aliphatic carbocycles. The molecule has 9 nitrogen and oxygen atoms in total. The minimum Gasteiger partial charge on any atom is -0.456 e. The molecule has 0 aromatic carbocycles. The number of ether oxygens (including phenoxy) is 1. The van der Waals surface area contributed by atoms with Crippen molar-refractivity contribution in [1.29, 1.82) is 0 Å². The molecular formula is C71H126N2O7P+. The van der Waals surface area contributed by atoms with Crippen LogP contribution in [0.5, 0.6) is 0 Å². The first-order valence-corrected chi connectivity index (χ1v) is 34.7. The summed E-state index contributed by atoms with van der Waals surface area (Å²) in [6, 6.07) is -0.867. The van der Waals surface area contributed by atoms with E-state index >= 15 is 0 Å². The van der Waals surface area contributed by atoms with Crippen LogP contribution in [-0.2, 0) is 27.9 Å². The number of nitrogens with zero attached hydrogens (tertiary/aromatic N) is 1. The van der Waals surface area contributed by atoms with Crippen molar-refractivity contribution in [3.05, 3.63) is 109 Å². The van der Waals surface area contributed by atoms with Crippen molar-refractivity contribution in [1.82, 2.24) is 5.32 Å². The first-order chi connectivity index (χ1) is 39.4. The van der Waals surface area contributed by atoms with Crippen LogP contribution in [0.1, 0.15) is 278 Å². The molecule has 2 N–H and O–H groups in total. The van der Waals surface area contributed by atoms with Gasteiger partial charge in [0.15, 0.2) is 0 Å². The highest BCUT2D eigenvalue weighted by molar-refractivity contribution is 7.47. The van der Waals surface area contributed by atoms with Gasteiger partial charge in [-0.1, -0.05) is 259 Å². The fourth-order valence-electron chi connectivity index (χ4n) is 9.09. The van der Waals surface area contributed by atoms with Gasteiger partial charge in [0, 0.05) is 12.8 Å². The molecule has 10 heteroatoms. The lowest BCUT2D eigenvalue weighted by Crippen LogP contribution is -2.47. The summed E-state index contributed by atoms with van der Waals surface area (Å²) in [6.45, 7) is 6.85. The van der Waals surface area contributed by atoms with Gasteiger partial charge >= 0.3 is 13.8 Å². The Labute approximate surface area is 500 Å². The van der Waals surface area contributed by atoms with Crippen LogP contribution in [0.25, 0.3) is 0 Å². The maximum absolute atomic E-state index is 13.6. The maximum atomic E-state index is 13.6. The van der Waals surface area contributed by atoms with Crippen LogP contribution in [-0.4, -0.2) is 74.3 Å². The summed E-state index contributed by atoms with van der Waals surface area (Å²) < 4.78 is 30.7. The molecule has 0 spiro atoms. The van der Waals surface area contributed by atoms with Crippen LogP contribution < -0.4 is 5.32 Å². The smallest absolute Gasteiger partial charge is 0.456 e. The van der Waals surface area contributed by atoms with Crippen molar-refractivity contribution in [2.75, 3.05) is 40.9 Å². The predicted octanol–water partition coefficient (Wildman–Crippen LogP) is 20.9. The summed E-state index contributed by atoms with van der Waals surface area (Å²) in [4.78, 5) is 37.8. The molecule has 0 rings (SSSR count). The number of phosphoric acid groups is 1. The van der Waals surface area contributed by atoms with Gasteiger partial charge in [-0.25, -0.2) is 4.57 Å². The minimum absolute atomic E-state index is 0.0304. The normalized spacial score (nSPS) is 14.3. The molecule has 0 fully saturated rings. The van der Waals surface area contributed by atoms with Crippen molar-refractivity contribution < 1.29 is 37.3 Å². The SMILES string of the molecule is CC/C=C\C/C=C\C/C=C\C/C=C\C/C=C\C/C=C\CCCCCCC(=O)OC(/C=C/CCCCCCCCCCC)C(COP(=O)(O)OCC[N+](C)(C)C)NC(=O)CCCCCCCCCCCCC/C=C\C/C=C\CCCCC. The Morgan fingerprint density at radius 3 is 1.21 bits per heavy atom. The third-order valence-electron chi connectivity index (χ3n) is 14.2. The maximum Gasteiger partial charge on any atom is 0.472 e. The van der Waals surface area contributed by atoms with Gasteiger partial charge in [-0.2, -0.15) is 0 Å². The highest BCUT2D eigenvalue weighted by Gasteiger charge is 2.30. The van der Waals surface area contributed by atoms with E-state index in [2.05, 4.69) is 123 Å². The highest BCUT2D eigenvalue weighted by atomic mass is 31.2. The van der Waals surface area contributed by atoms with Gasteiger partial charge < -0.3 is 19.4 Å². The number of phosphoric ester groups is 1. The largest absolute Gasteiger partial charge is 0.472 e. The van der Waals surface area contributed by atoms with E-state index in [0.29, 0.717) is 23.9 Å². The lowest BCUT2D eigenvalue weighted by atomic mass is 10.0. The summed E-state index contributed by atoms with van der Waals surface area (Å²) in [5.74, 6) is -0.539. The van der Waals surface area contributed by atoms with Crippen molar-refractivity contribution in [2.24, 2.45) is 0 Å². The molecular weight excluding hydrogens is 1020 g/mol. The van der Waals surface area contributed by atoms with Gasteiger partial charge in [0.05, 0.1) is 33.8 Å². The predicted molar refractivity (Wildman–Crippen MR) is 350 cm³/mol. The van der Waals surface area contributed by atoms with Crippen LogP contribution in [0.2, 0.25) is 0 Å². The number of likely N-dealkylation sites (N-methyl/N-ethyl adjacent to an activating group) is 1. The third kappa shape index (κ3) is 61.1. The topological polar surface area (TPSA) is 111 Å². The fraction of sp³-hybridized carbons (Fsp3) is 0.718. The first kappa shape index (κ1) is 77.7. The van der Waals surface area contributed by atoms with E-state index in [0.717, 1.165) is 109 Å². The zero-order valence-corrected chi connectivity index (χ0v) is 54.1. The second-order valence-electron chi connectivity index (χ2n) is 23.3. The van der Waals surface area contributed by atoms with Gasteiger partial charge in [-0.15, -0.1) is 0 Å². The highest BCUT2D eigenvalue weighted by Crippen LogP contribution is 2.43. The second-order valence-corrected chi connectivity index (χ2v) is 24.7. The molecule has 466 valence electrons. The van der Waals surface area contributed by atoms with E-state index in [-0.39, 0.29) is 31.5 Å². The van der Waals surface area contributed by atoms with E-state index in [1.54, 1.807) is 0 Å². The van der Waals surface area contributed by atoms with Gasteiger partial charge in [0.2, 0.25) is 5.91 Å². The molecule has 0 aliphatic rings. The molecule has 0 aromatic heterocycles. The number of hydrogen-bond acceptors (Lipinski definition) is 6. The number of allylic oxidation sites excluding steroid dienone is 17. The van der Waals surface area contributed by atoms with Crippen LogP contribution in [0.15, 0.2) is 109 Å². The van der Waals surface area contributed by atoms with Crippen molar-refractivity contribution >= 4 is 19.7 Å². The van der Waals surface area contributed by atoms with E-state index in [9.17, 15) is 19.0 Å². The third-order valence-corrected chi connectivity index (χ3v) is 15.2. The zero-order chi connectivity index (χ0) is 59.3. The quantitative estimate of drug-likeness (QED) is 0.0205. The average molecular weight is 1150 g/mol. The summed E-state index contributed by atoms with van der Waals surface area (Å²) in [6.07, 6.45) is 82.3. The number of carbonyl (C=O) groups is 2. The van der Waals surface area contributed by atoms with Crippen LogP contribution in [0.4, 0.5) is 0 Å². The van der Waals surface area contributed by atoms with Gasteiger partial charge in [-0.05, 0) is 115 Å². The summed E-state index contributed by atoms with van der Waals surface area (Å²) >= 11 is 0. The van der Waals surface area contributed by atoms with Crippen LogP contribution in [0, 0.1) is 0 Å². The van der Waals surface area contributed by atoms with E-state index < -0.39 is 20.0 Å². The molecule has 0 radical (unpaired) electrons. The monoisotopic (exact) mass is 1150 g/mol. The molecule has 0 aliphatic heterocycles. The number of nitrogens with one attached hydrogen (secondary N) is 1. The Morgan fingerprint density at radius 2 is 0.790 bits per heavy atom. The standard InChI is InChI=1S/C71H125N2O7P/c1-7-10-13-16-19-22-25-27-29-31-33-35-36-38-40-42-44-46-49-52-55-58-61-64-71(75)80-69(62-59-56-53-50-47-24-21-18-15-12-9-3)68(67-79-81(76,77)78-66-65-73(4,5)6)72-70(74)63-60-57-54-51-48-45-43-41-39-37-34-32-30-28-26-23-20-17-14-11-8-2/h10,13,19-20,22-23,27-30,33,35,38,40,44,46,59,62,68-69H,7-9,11-12,14-18,21,24-26,31-32,34,36-37,39,41-43,45,47-58,60-61,63-67H2,1-6H3,(H-,72,74,76,77)/p+1/b13-10-,22-19-,23-20-,29-27-,30-28-,35-33-,40-38-,46-44-,62-59+. The minimum atomic E-state index is -4.46. The van der Waals surface area contributed by atoms with Crippen LogP contribution >= 0.6 is 7.82 Å². The van der Waals surface area contributed by atoms with Gasteiger partial charge in [0.25, 0.3) is 0 Å².